The molecule has 0 radical (unpaired) electrons. The number of hydrogen-bond donors (Lipinski definition) is 3. The number of para-hydroxylation sites is 1. The third-order valence-corrected chi connectivity index (χ3v) is 10.1. The number of amides is 2. The lowest BCUT2D eigenvalue weighted by Crippen LogP contribution is -2.45. The highest BCUT2D eigenvalue weighted by atomic mass is 16.7. The third kappa shape index (κ3) is 10.9. The smallest absolute Gasteiger partial charge is 0.323 e. The van der Waals surface area contributed by atoms with Crippen molar-refractivity contribution in [2.24, 2.45) is 0 Å². The van der Waals surface area contributed by atoms with Crippen LogP contribution >= 0.6 is 0 Å². The van der Waals surface area contributed by atoms with Crippen LogP contribution in [0.4, 0.5) is 10.5 Å². The van der Waals surface area contributed by atoms with Gasteiger partial charge in [0.25, 0.3) is 0 Å². The Hall–Kier alpha value is -5.52. The molecule has 10 heteroatoms. The van der Waals surface area contributed by atoms with E-state index in [2.05, 4.69) is 33.7 Å². The fourth-order valence-electron chi connectivity index (χ4n) is 7.29. The van der Waals surface area contributed by atoms with Crippen LogP contribution in [0.2, 0.25) is 0 Å². The first-order chi connectivity index (χ1) is 27.6. The maximum Gasteiger partial charge on any atom is 0.323 e. The number of nitrogens with zero attached hydrogens (tertiary/aromatic N) is 1. The van der Waals surface area contributed by atoms with Gasteiger partial charge in [0.05, 0.1) is 18.8 Å². The lowest BCUT2D eigenvalue weighted by molar-refractivity contribution is -0.253. The van der Waals surface area contributed by atoms with Crippen molar-refractivity contribution in [3.05, 3.63) is 150 Å². The Kier molecular flexibility index (Phi) is 12.7. The monoisotopic (exact) mass is 769 g/mol. The normalized spacial score (nSPS) is 19.8. The molecule has 4 atom stereocenters. The number of anilines is 1. The van der Waals surface area contributed by atoms with Crippen molar-refractivity contribution in [3.8, 4) is 22.6 Å². The summed E-state index contributed by atoms with van der Waals surface area (Å²) in [6.45, 7) is 7.37. The number of esters is 1. The maximum absolute atomic E-state index is 13.2. The summed E-state index contributed by atoms with van der Waals surface area (Å²) in [4.78, 5) is 28.2. The van der Waals surface area contributed by atoms with E-state index in [-0.39, 0.29) is 36.9 Å². The number of benzene rings is 5. The average molecular weight is 770 g/mol. The van der Waals surface area contributed by atoms with Crippen molar-refractivity contribution < 1.29 is 33.6 Å². The number of nitrogens with one attached hydrogen (secondary N) is 2. The van der Waals surface area contributed by atoms with Gasteiger partial charge in [0, 0.05) is 30.8 Å². The van der Waals surface area contributed by atoms with Crippen LogP contribution < -0.4 is 15.4 Å². The number of urea groups is 1. The number of likely N-dealkylation sites (tertiary alicyclic amines) is 1. The highest BCUT2D eigenvalue weighted by Crippen LogP contribution is 2.40. The van der Waals surface area contributed by atoms with Crippen molar-refractivity contribution in [2.45, 2.75) is 83.3 Å². The Bertz CT molecular complexity index is 2100. The van der Waals surface area contributed by atoms with E-state index in [0.717, 1.165) is 58.5 Å². The summed E-state index contributed by atoms with van der Waals surface area (Å²) in [5.41, 5.74) is 5.74. The Morgan fingerprint density at radius 3 is 2.25 bits per heavy atom. The molecule has 2 aliphatic rings. The summed E-state index contributed by atoms with van der Waals surface area (Å²) >= 11 is 0. The van der Waals surface area contributed by atoms with Crippen LogP contribution in [0, 0.1) is 0 Å². The summed E-state index contributed by atoms with van der Waals surface area (Å²) in [5, 5.41) is 15.5. The van der Waals surface area contributed by atoms with E-state index in [1.165, 1.54) is 0 Å². The molecule has 10 nitrogen and oxygen atoms in total. The molecule has 0 bridgehead atoms. The quantitative estimate of drug-likeness (QED) is 0.108. The fourth-order valence-corrected chi connectivity index (χ4v) is 7.29. The molecule has 5 aromatic rings. The van der Waals surface area contributed by atoms with E-state index in [0.29, 0.717) is 30.9 Å². The van der Waals surface area contributed by atoms with E-state index >= 15 is 0 Å². The topological polar surface area (TPSA) is 119 Å². The Morgan fingerprint density at radius 2 is 1.51 bits per heavy atom. The zero-order valence-electron chi connectivity index (χ0n) is 32.7. The second kappa shape index (κ2) is 18.2. The largest absolute Gasteiger partial charge is 0.459 e. The third-order valence-electron chi connectivity index (χ3n) is 10.1. The molecule has 0 aromatic heterocycles. The number of hydrogen-bond acceptors (Lipinski definition) is 8. The molecule has 0 saturated carbocycles. The lowest BCUT2D eigenvalue weighted by Gasteiger charge is -2.38. The number of carbonyl (C=O) groups is 2. The van der Waals surface area contributed by atoms with Crippen molar-refractivity contribution >= 4 is 17.7 Å². The van der Waals surface area contributed by atoms with Gasteiger partial charge < -0.3 is 34.7 Å². The van der Waals surface area contributed by atoms with E-state index in [4.69, 9.17) is 18.9 Å². The van der Waals surface area contributed by atoms with Gasteiger partial charge >= 0.3 is 12.0 Å². The number of rotatable bonds is 12. The minimum absolute atomic E-state index is 0.0289. The molecule has 4 unspecified atom stereocenters. The molecule has 5 aromatic carbocycles. The number of aliphatic hydroxyl groups is 1. The molecular weight excluding hydrogens is 719 g/mol. The van der Waals surface area contributed by atoms with E-state index in [9.17, 15) is 14.7 Å². The summed E-state index contributed by atoms with van der Waals surface area (Å²) < 4.78 is 25.0. The van der Waals surface area contributed by atoms with Crippen LogP contribution in [0.25, 0.3) is 11.1 Å². The second-order valence-corrected chi connectivity index (χ2v) is 15.6. The first-order valence-electron chi connectivity index (χ1n) is 19.6. The van der Waals surface area contributed by atoms with E-state index in [1.807, 2.05) is 118 Å². The molecule has 296 valence electrons. The van der Waals surface area contributed by atoms with E-state index in [1.54, 1.807) is 12.1 Å². The Morgan fingerprint density at radius 1 is 0.789 bits per heavy atom. The van der Waals surface area contributed by atoms with Crippen LogP contribution in [0.3, 0.4) is 0 Å². The van der Waals surface area contributed by atoms with Gasteiger partial charge in [-0.25, -0.2) is 4.79 Å². The first kappa shape index (κ1) is 39.7. The molecule has 2 fully saturated rings. The van der Waals surface area contributed by atoms with Crippen molar-refractivity contribution in [3.63, 3.8) is 0 Å². The molecule has 7 rings (SSSR count). The summed E-state index contributed by atoms with van der Waals surface area (Å²) in [6.07, 6.45) is 1.18. The van der Waals surface area contributed by atoms with Crippen molar-refractivity contribution in [1.82, 2.24) is 10.2 Å². The minimum Gasteiger partial charge on any atom is -0.459 e. The molecule has 2 heterocycles. The van der Waals surface area contributed by atoms with Gasteiger partial charge in [-0.05, 0) is 117 Å². The predicted molar refractivity (Wildman–Crippen MR) is 220 cm³/mol. The van der Waals surface area contributed by atoms with Gasteiger partial charge in [0.1, 0.15) is 23.1 Å². The van der Waals surface area contributed by atoms with E-state index < -0.39 is 11.9 Å². The Balaban J connectivity index is 1.02. The number of ether oxygens (including phenoxy) is 4. The zero-order valence-corrected chi connectivity index (χ0v) is 32.7. The average Bonchev–Trinajstić information content (AvgIpc) is 3.69. The van der Waals surface area contributed by atoms with Crippen molar-refractivity contribution in [2.75, 3.05) is 18.4 Å². The lowest BCUT2D eigenvalue weighted by atomic mass is 9.98. The molecule has 2 amide bonds. The van der Waals surface area contributed by atoms with Gasteiger partial charge in [-0.15, -0.1) is 0 Å². The molecule has 3 N–H and O–H groups in total. The zero-order chi connectivity index (χ0) is 39.8. The molecule has 2 aliphatic heterocycles. The van der Waals surface area contributed by atoms with Crippen LogP contribution in [0.1, 0.15) is 74.7 Å². The second-order valence-electron chi connectivity index (χ2n) is 15.6. The van der Waals surface area contributed by atoms with Crippen LogP contribution in [0.5, 0.6) is 11.5 Å². The number of carbonyl (C=O) groups excluding carboxylic acids is 2. The van der Waals surface area contributed by atoms with Crippen LogP contribution in [-0.2, 0) is 32.2 Å². The molecule has 0 spiro atoms. The fraction of sp³-hybridized carbons (Fsp3) is 0.319. The summed E-state index contributed by atoms with van der Waals surface area (Å²) in [5.74, 6) is 1.23. The van der Waals surface area contributed by atoms with Gasteiger partial charge in [0.15, 0.2) is 6.29 Å². The minimum atomic E-state index is -0.652. The predicted octanol–water partition coefficient (Wildman–Crippen LogP) is 9.31. The highest BCUT2D eigenvalue weighted by molar-refractivity contribution is 5.89. The first-order valence-corrected chi connectivity index (χ1v) is 19.6. The van der Waals surface area contributed by atoms with Gasteiger partial charge in [-0.1, -0.05) is 78.9 Å². The molecule has 0 aliphatic carbocycles. The van der Waals surface area contributed by atoms with Crippen molar-refractivity contribution in [1.29, 1.82) is 0 Å². The highest BCUT2D eigenvalue weighted by Gasteiger charge is 2.39. The van der Waals surface area contributed by atoms with Crippen LogP contribution in [-0.4, -0.2) is 52.8 Å². The standard InChI is InChI=1S/C47H51N3O7/c1-47(2,3)57-44(52)42-16-9-25-50(42)30-41-28-43(34-19-17-32(31-51)18-20-34)56-45(55-41)37-13-8-12-36(27-37)35-11-7-10-33(26-35)29-48-46(53)49-38-21-23-40(24-22-38)54-39-14-5-4-6-15-39/h4-8,10-15,17-24,26-27,41-43,45,51H,9,16,25,28-31H2,1-3H3,(H2,48,49,53). The van der Waals surface area contributed by atoms with Gasteiger partial charge in [-0.3, -0.25) is 9.69 Å². The number of aliphatic hydroxyl groups excluding tert-OH is 1. The summed E-state index contributed by atoms with van der Waals surface area (Å²) in [7, 11) is 0. The molecular formula is C47H51N3O7. The van der Waals surface area contributed by atoms with Gasteiger partial charge in [0.2, 0.25) is 0 Å². The Labute approximate surface area is 334 Å². The molecule has 57 heavy (non-hydrogen) atoms. The maximum atomic E-state index is 13.2. The molecule has 2 saturated heterocycles. The van der Waals surface area contributed by atoms with Crippen LogP contribution in [0.15, 0.2) is 127 Å². The summed E-state index contributed by atoms with van der Waals surface area (Å²) in [6, 6.07) is 40.2. The SMILES string of the molecule is CC(C)(C)OC(=O)C1CCCN1CC1CC(c2ccc(CO)cc2)OC(c2cccc(-c3cccc(CNC(=O)Nc4ccc(Oc5ccccc5)cc4)c3)c2)O1. The van der Waals surface area contributed by atoms with Gasteiger partial charge in [-0.2, -0.15) is 0 Å².